The number of aromatic nitrogens is 2. The Kier molecular flexibility index (Phi) is 5.40. The number of fused-ring (bicyclic) bond motifs is 1. The van der Waals surface area contributed by atoms with Crippen LogP contribution in [0.2, 0.25) is 0 Å². The molecule has 0 fully saturated rings. The second-order valence-electron chi connectivity index (χ2n) is 7.33. The molecule has 2 aromatic carbocycles. The van der Waals surface area contributed by atoms with E-state index in [9.17, 15) is 9.59 Å². The maximum atomic E-state index is 13.0. The van der Waals surface area contributed by atoms with Gasteiger partial charge < -0.3 is 9.88 Å². The summed E-state index contributed by atoms with van der Waals surface area (Å²) < 4.78 is 0. The van der Waals surface area contributed by atoms with Gasteiger partial charge >= 0.3 is 0 Å². The fraction of sp³-hybridized carbons (Fsp3) is 0.318. The number of rotatable bonds is 5. The van der Waals surface area contributed by atoms with Gasteiger partial charge in [-0.3, -0.25) is 9.59 Å². The highest BCUT2D eigenvalue weighted by Crippen LogP contribution is 2.17. The number of amides is 1. The Labute approximate surface area is 159 Å². The van der Waals surface area contributed by atoms with E-state index in [4.69, 9.17) is 0 Å². The van der Waals surface area contributed by atoms with Crippen molar-refractivity contribution in [2.24, 2.45) is 0 Å². The van der Waals surface area contributed by atoms with E-state index in [-0.39, 0.29) is 24.1 Å². The SMILES string of the molecule is CC(C)c1ccc(C(=O)N(Cc2nc3ccccc3c(=O)[nH]2)C(C)C)cc1. The number of H-pyrrole nitrogens is 1. The zero-order valence-corrected chi connectivity index (χ0v) is 16.2. The van der Waals surface area contributed by atoms with Gasteiger partial charge in [-0.25, -0.2) is 4.98 Å². The van der Waals surface area contributed by atoms with E-state index in [1.807, 2.05) is 50.2 Å². The van der Waals surface area contributed by atoms with Crippen LogP contribution in [0.5, 0.6) is 0 Å². The average molecular weight is 363 g/mol. The Bertz CT molecular complexity index is 1000. The number of hydrogen-bond acceptors (Lipinski definition) is 3. The third kappa shape index (κ3) is 4.08. The van der Waals surface area contributed by atoms with Gasteiger partial charge in [-0.15, -0.1) is 0 Å². The third-order valence-electron chi connectivity index (χ3n) is 4.69. The molecule has 1 amide bonds. The predicted molar refractivity (Wildman–Crippen MR) is 108 cm³/mol. The summed E-state index contributed by atoms with van der Waals surface area (Å²) in [7, 11) is 0. The average Bonchev–Trinajstić information content (AvgIpc) is 2.65. The Hall–Kier alpha value is -2.95. The quantitative estimate of drug-likeness (QED) is 0.742. The van der Waals surface area contributed by atoms with Crippen molar-refractivity contribution in [3.63, 3.8) is 0 Å². The van der Waals surface area contributed by atoms with Crippen molar-refractivity contribution in [1.82, 2.24) is 14.9 Å². The smallest absolute Gasteiger partial charge is 0.258 e. The molecule has 5 nitrogen and oxygen atoms in total. The maximum Gasteiger partial charge on any atom is 0.258 e. The first kappa shape index (κ1) is 18.8. The first-order valence-corrected chi connectivity index (χ1v) is 9.25. The molecule has 0 radical (unpaired) electrons. The summed E-state index contributed by atoms with van der Waals surface area (Å²) in [5.41, 5.74) is 2.28. The Morgan fingerprint density at radius 2 is 1.70 bits per heavy atom. The van der Waals surface area contributed by atoms with Crippen molar-refractivity contribution in [3.05, 3.63) is 75.8 Å². The highest BCUT2D eigenvalue weighted by molar-refractivity contribution is 5.94. The molecule has 140 valence electrons. The zero-order chi connectivity index (χ0) is 19.6. The van der Waals surface area contributed by atoms with Gasteiger partial charge in [0.15, 0.2) is 0 Å². The third-order valence-corrected chi connectivity index (χ3v) is 4.69. The van der Waals surface area contributed by atoms with Gasteiger partial charge in [0, 0.05) is 11.6 Å². The van der Waals surface area contributed by atoms with Crippen LogP contribution in [0.15, 0.2) is 53.3 Å². The van der Waals surface area contributed by atoms with Crippen LogP contribution in [-0.2, 0) is 6.54 Å². The molecule has 0 aliphatic carbocycles. The number of carbonyl (C=O) groups is 1. The van der Waals surface area contributed by atoms with E-state index < -0.39 is 0 Å². The largest absolute Gasteiger partial charge is 0.329 e. The molecule has 5 heteroatoms. The van der Waals surface area contributed by atoms with Crippen LogP contribution in [0.4, 0.5) is 0 Å². The molecule has 1 heterocycles. The van der Waals surface area contributed by atoms with E-state index in [0.29, 0.717) is 28.2 Å². The number of carbonyl (C=O) groups excluding carboxylic acids is 1. The molecule has 0 aliphatic heterocycles. The van der Waals surface area contributed by atoms with E-state index in [1.165, 1.54) is 5.56 Å². The van der Waals surface area contributed by atoms with Crippen LogP contribution in [-0.4, -0.2) is 26.8 Å². The van der Waals surface area contributed by atoms with Crippen molar-refractivity contribution in [3.8, 4) is 0 Å². The number of nitrogens with zero attached hydrogens (tertiary/aromatic N) is 2. The van der Waals surface area contributed by atoms with Gasteiger partial charge in [0.05, 0.1) is 17.4 Å². The minimum absolute atomic E-state index is 0.0287. The molecule has 1 N–H and O–H groups in total. The van der Waals surface area contributed by atoms with Crippen LogP contribution < -0.4 is 5.56 Å². The van der Waals surface area contributed by atoms with E-state index in [2.05, 4.69) is 23.8 Å². The van der Waals surface area contributed by atoms with Gasteiger partial charge in [0.2, 0.25) is 0 Å². The molecular weight excluding hydrogens is 338 g/mol. The highest BCUT2D eigenvalue weighted by atomic mass is 16.2. The summed E-state index contributed by atoms with van der Waals surface area (Å²) in [5.74, 6) is 0.831. The minimum Gasteiger partial charge on any atom is -0.329 e. The minimum atomic E-state index is -0.187. The molecule has 3 aromatic rings. The van der Waals surface area contributed by atoms with Crippen LogP contribution in [0.3, 0.4) is 0 Å². The van der Waals surface area contributed by atoms with E-state index >= 15 is 0 Å². The lowest BCUT2D eigenvalue weighted by Crippen LogP contribution is -2.37. The van der Waals surface area contributed by atoms with Crippen molar-refractivity contribution in [1.29, 1.82) is 0 Å². The fourth-order valence-corrected chi connectivity index (χ4v) is 3.04. The van der Waals surface area contributed by atoms with Crippen LogP contribution in [0, 0.1) is 0 Å². The number of aromatic amines is 1. The summed E-state index contributed by atoms with van der Waals surface area (Å²) in [6, 6.07) is 14.9. The number of benzene rings is 2. The Balaban J connectivity index is 1.90. The molecule has 0 bridgehead atoms. The van der Waals surface area contributed by atoms with Crippen molar-refractivity contribution in [2.45, 2.75) is 46.2 Å². The molecule has 0 unspecified atom stereocenters. The van der Waals surface area contributed by atoms with Gasteiger partial charge in [-0.05, 0) is 49.6 Å². The van der Waals surface area contributed by atoms with Crippen LogP contribution in [0.25, 0.3) is 10.9 Å². The van der Waals surface area contributed by atoms with Crippen LogP contribution >= 0.6 is 0 Å². The fourth-order valence-electron chi connectivity index (χ4n) is 3.04. The standard InChI is InChI=1S/C22H25N3O2/c1-14(2)16-9-11-17(12-10-16)22(27)25(15(3)4)13-20-23-19-8-6-5-7-18(19)21(26)24-20/h5-12,14-15H,13H2,1-4H3,(H,23,24,26). The predicted octanol–water partition coefficient (Wildman–Crippen LogP) is 4.10. The maximum absolute atomic E-state index is 13.0. The molecule has 0 spiro atoms. The molecule has 3 rings (SSSR count). The van der Waals surface area contributed by atoms with Gasteiger partial charge in [0.25, 0.3) is 11.5 Å². The summed E-state index contributed by atoms with van der Waals surface area (Å²) in [6.07, 6.45) is 0. The Morgan fingerprint density at radius 1 is 1.04 bits per heavy atom. The molecule has 0 aliphatic rings. The lowest BCUT2D eigenvalue weighted by molar-refractivity contribution is 0.0685. The van der Waals surface area contributed by atoms with Gasteiger partial charge in [-0.1, -0.05) is 38.1 Å². The summed E-state index contributed by atoms with van der Waals surface area (Å²) >= 11 is 0. The van der Waals surface area contributed by atoms with Gasteiger partial charge in [-0.2, -0.15) is 0 Å². The van der Waals surface area contributed by atoms with Crippen LogP contribution in [0.1, 0.15) is 55.4 Å². The second kappa shape index (κ2) is 7.74. The number of para-hydroxylation sites is 1. The number of nitrogens with one attached hydrogen (secondary N) is 1. The topological polar surface area (TPSA) is 66.1 Å². The van der Waals surface area contributed by atoms with Crippen molar-refractivity contribution < 1.29 is 4.79 Å². The second-order valence-corrected chi connectivity index (χ2v) is 7.33. The lowest BCUT2D eigenvalue weighted by Gasteiger charge is -2.26. The molecule has 0 saturated heterocycles. The molecule has 0 atom stereocenters. The molecular formula is C22H25N3O2. The first-order chi connectivity index (χ1) is 12.9. The van der Waals surface area contributed by atoms with Crippen molar-refractivity contribution >= 4 is 16.8 Å². The highest BCUT2D eigenvalue weighted by Gasteiger charge is 2.20. The Morgan fingerprint density at radius 3 is 2.33 bits per heavy atom. The summed E-state index contributed by atoms with van der Waals surface area (Å²) in [5, 5.41) is 0.549. The molecule has 1 aromatic heterocycles. The van der Waals surface area contributed by atoms with Crippen molar-refractivity contribution in [2.75, 3.05) is 0 Å². The number of hydrogen-bond donors (Lipinski definition) is 1. The normalized spacial score (nSPS) is 11.3. The summed E-state index contributed by atoms with van der Waals surface area (Å²) in [6.45, 7) is 8.42. The monoisotopic (exact) mass is 363 g/mol. The first-order valence-electron chi connectivity index (χ1n) is 9.25. The molecule has 27 heavy (non-hydrogen) atoms. The van der Waals surface area contributed by atoms with E-state index in [1.54, 1.807) is 17.0 Å². The lowest BCUT2D eigenvalue weighted by atomic mass is 10.0. The zero-order valence-electron chi connectivity index (χ0n) is 16.2. The summed E-state index contributed by atoms with van der Waals surface area (Å²) in [4.78, 5) is 34.4. The van der Waals surface area contributed by atoms with E-state index in [0.717, 1.165) is 0 Å². The molecule has 0 saturated carbocycles. The van der Waals surface area contributed by atoms with Gasteiger partial charge in [0.1, 0.15) is 5.82 Å².